The first-order chi connectivity index (χ1) is 8.77. The quantitative estimate of drug-likeness (QED) is 0.924. The lowest BCUT2D eigenvalue weighted by molar-refractivity contribution is -0.132. The van der Waals surface area contributed by atoms with Crippen LogP contribution >= 0.6 is 24.8 Å². The molecule has 0 radical (unpaired) electrons. The van der Waals surface area contributed by atoms with Gasteiger partial charge in [0.05, 0.1) is 6.04 Å². The molecule has 1 aliphatic heterocycles. The van der Waals surface area contributed by atoms with Crippen molar-refractivity contribution in [3.8, 4) is 0 Å². The highest BCUT2D eigenvalue weighted by molar-refractivity contribution is 5.85. The number of pyridine rings is 1. The average molecular weight is 320 g/mol. The molecule has 1 aliphatic rings. The summed E-state index contributed by atoms with van der Waals surface area (Å²) in [6, 6.07) is 4.02. The highest BCUT2D eigenvalue weighted by atomic mass is 35.5. The van der Waals surface area contributed by atoms with Gasteiger partial charge in [0.15, 0.2) is 0 Å². The maximum absolute atomic E-state index is 12.2. The van der Waals surface area contributed by atoms with E-state index in [1.165, 1.54) is 12.0 Å². The number of hydrogen-bond acceptors (Lipinski definition) is 3. The predicted molar refractivity (Wildman–Crippen MR) is 85.7 cm³/mol. The van der Waals surface area contributed by atoms with Gasteiger partial charge in [-0.1, -0.05) is 6.42 Å². The monoisotopic (exact) mass is 319 g/mol. The molecule has 0 aromatic carbocycles. The van der Waals surface area contributed by atoms with Gasteiger partial charge in [-0.3, -0.25) is 9.78 Å². The third-order valence-electron chi connectivity index (χ3n) is 3.47. The Hall–Kier alpha value is -0.840. The van der Waals surface area contributed by atoms with Crippen LogP contribution in [0.3, 0.4) is 0 Å². The molecule has 1 saturated heterocycles. The first-order valence-corrected chi connectivity index (χ1v) is 6.64. The van der Waals surface area contributed by atoms with Crippen LogP contribution in [0, 0.1) is 0 Å². The number of amides is 1. The lowest BCUT2D eigenvalue weighted by atomic mass is 10.0. The Kier molecular flexibility index (Phi) is 9.55. The van der Waals surface area contributed by atoms with Gasteiger partial charge < -0.3 is 10.2 Å². The Balaban J connectivity index is 0.00000180. The van der Waals surface area contributed by atoms with Crippen molar-refractivity contribution >= 4 is 30.7 Å². The van der Waals surface area contributed by atoms with E-state index < -0.39 is 0 Å². The fourth-order valence-electron chi connectivity index (χ4n) is 2.29. The summed E-state index contributed by atoms with van der Waals surface area (Å²) in [5, 5.41) is 3.30. The minimum absolute atomic E-state index is 0. The summed E-state index contributed by atoms with van der Waals surface area (Å²) in [6.45, 7) is 1.73. The van der Waals surface area contributed by atoms with Gasteiger partial charge in [-0.25, -0.2) is 0 Å². The summed E-state index contributed by atoms with van der Waals surface area (Å²) in [5.74, 6) is 0.226. The number of halogens is 2. The predicted octanol–water partition coefficient (Wildman–Crippen LogP) is 2.07. The molecular weight excluding hydrogens is 297 g/mol. The average Bonchev–Trinajstić information content (AvgIpc) is 2.46. The third kappa shape index (κ3) is 5.65. The molecule has 0 aliphatic carbocycles. The van der Waals surface area contributed by atoms with Gasteiger partial charge in [-0.15, -0.1) is 24.8 Å². The summed E-state index contributed by atoms with van der Waals surface area (Å²) < 4.78 is 0. The van der Waals surface area contributed by atoms with Gasteiger partial charge in [0.1, 0.15) is 0 Å². The molecule has 2 rings (SSSR count). The lowest BCUT2D eigenvalue weighted by Crippen LogP contribution is -2.47. The van der Waals surface area contributed by atoms with Gasteiger partial charge in [-0.05, 0) is 43.5 Å². The Labute approximate surface area is 133 Å². The van der Waals surface area contributed by atoms with E-state index in [1.54, 1.807) is 12.4 Å². The molecule has 0 bridgehead atoms. The lowest BCUT2D eigenvalue weighted by Gasteiger charge is -2.27. The van der Waals surface area contributed by atoms with Crippen molar-refractivity contribution in [2.45, 2.75) is 31.7 Å². The van der Waals surface area contributed by atoms with E-state index in [-0.39, 0.29) is 36.8 Å². The minimum atomic E-state index is 0. The number of carbonyl (C=O) groups excluding carboxylic acids is 1. The highest BCUT2D eigenvalue weighted by Crippen LogP contribution is 2.09. The number of nitrogens with one attached hydrogen (secondary N) is 1. The first kappa shape index (κ1) is 19.2. The molecule has 6 heteroatoms. The molecule has 1 N–H and O–H groups in total. The van der Waals surface area contributed by atoms with Crippen LogP contribution in [-0.4, -0.2) is 42.0 Å². The molecular formula is C14H23Cl2N3O. The molecule has 1 aromatic heterocycles. The van der Waals surface area contributed by atoms with E-state index in [2.05, 4.69) is 10.3 Å². The maximum Gasteiger partial charge on any atom is 0.239 e. The number of likely N-dealkylation sites (N-methyl/N-ethyl adjacent to an activating group) is 1. The van der Waals surface area contributed by atoms with Gasteiger partial charge >= 0.3 is 0 Å². The Morgan fingerprint density at radius 1 is 1.35 bits per heavy atom. The second-order valence-corrected chi connectivity index (χ2v) is 4.87. The smallest absolute Gasteiger partial charge is 0.239 e. The molecule has 1 atom stereocenters. The van der Waals surface area contributed by atoms with Crippen molar-refractivity contribution in [3.63, 3.8) is 0 Å². The molecule has 2 heterocycles. The highest BCUT2D eigenvalue weighted by Gasteiger charge is 2.23. The van der Waals surface area contributed by atoms with E-state index in [4.69, 9.17) is 0 Å². The van der Waals surface area contributed by atoms with Crippen LogP contribution in [0.5, 0.6) is 0 Å². The number of piperidine rings is 1. The summed E-state index contributed by atoms with van der Waals surface area (Å²) >= 11 is 0. The Morgan fingerprint density at radius 2 is 2.05 bits per heavy atom. The van der Waals surface area contributed by atoms with Crippen molar-refractivity contribution in [2.24, 2.45) is 0 Å². The summed E-state index contributed by atoms with van der Waals surface area (Å²) in [7, 11) is 1.89. The number of aromatic nitrogens is 1. The number of carbonyl (C=O) groups is 1. The Bertz CT molecular complexity index is 383. The zero-order valence-electron chi connectivity index (χ0n) is 11.7. The maximum atomic E-state index is 12.2. The van der Waals surface area contributed by atoms with Crippen LogP contribution in [0.25, 0.3) is 0 Å². The fourth-order valence-corrected chi connectivity index (χ4v) is 2.29. The SMILES string of the molecule is CN(CCc1ccncc1)C(=O)[C@H]1CCCCN1.Cl.Cl. The zero-order chi connectivity index (χ0) is 12.8. The molecule has 0 unspecified atom stereocenters. The van der Waals surface area contributed by atoms with Crippen molar-refractivity contribution in [2.75, 3.05) is 20.1 Å². The minimum Gasteiger partial charge on any atom is -0.344 e. The van der Waals surface area contributed by atoms with Gasteiger partial charge in [0.25, 0.3) is 0 Å². The second kappa shape index (κ2) is 9.97. The summed E-state index contributed by atoms with van der Waals surface area (Å²) in [4.78, 5) is 18.0. The van der Waals surface area contributed by atoms with E-state index >= 15 is 0 Å². The number of hydrogen-bond donors (Lipinski definition) is 1. The largest absolute Gasteiger partial charge is 0.344 e. The fraction of sp³-hybridized carbons (Fsp3) is 0.571. The van der Waals surface area contributed by atoms with Crippen LogP contribution in [0.1, 0.15) is 24.8 Å². The molecule has 1 amide bonds. The topological polar surface area (TPSA) is 45.2 Å². The van der Waals surface area contributed by atoms with Crippen LogP contribution in [0.2, 0.25) is 0 Å². The van der Waals surface area contributed by atoms with Gasteiger partial charge in [0.2, 0.25) is 5.91 Å². The van der Waals surface area contributed by atoms with E-state index in [0.29, 0.717) is 0 Å². The van der Waals surface area contributed by atoms with E-state index in [1.807, 2.05) is 24.1 Å². The van der Waals surface area contributed by atoms with Crippen LogP contribution in [-0.2, 0) is 11.2 Å². The summed E-state index contributed by atoms with van der Waals surface area (Å²) in [5.41, 5.74) is 1.22. The van der Waals surface area contributed by atoms with Crippen molar-refractivity contribution in [3.05, 3.63) is 30.1 Å². The van der Waals surface area contributed by atoms with Crippen LogP contribution < -0.4 is 5.32 Å². The molecule has 1 fully saturated rings. The summed E-state index contributed by atoms with van der Waals surface area (Å²) in [6.07, 6.45) is 7.78. The molecule has 0 saturated carbocycles. The molecule has 4 nitrogen and oxygen atoms in total. The van der Waals surface area contributed by atoms with Crippen molar-refractivity contribution in [1.29, 1.82) is 0 Å². The van der Waals surface area contributed by atoms with Gasteiger partial charge in [-0.2, -0.15) is 0 Å². The number of rotatable bonds is 4. The number of nitrogens with zero attached hydrogens (tertiary/aromatic N) is 2. The zero-order valence-corrected chi connectivity index (χ0v) is 13.4. The molecule has 0 spiro atoms. The van der Waals surface area contributed by atoms with E-state index in [9.17, 15) is 4.79 Å². The van der Waals surface area contributed by atoms with E-state index in [0.717, 1.165) is 32.4 Å². The molecule has 1 aromatic rings. The first-order valence-electron chi connectivity index (χ1n) is 6.64. The Morgan fingerprint density at radius 3 is 2.65 bits per heavy atom. The molecule has 114 valence electrons. The van der Waals surface area contributed by atoms with Crippen LogP contribution in [0.15, 0.2) is 24.5 Å². The van der Waals surface area contributed by atoms with Crippen molar-refractivity contribution in [1.82, 2.24) is 15.2 Å². The normalized spacial score (nSPS) is 17.6. The molecule has 20 heavy (non-hydrogen) atoms. The van der Waals surface area contributed by atoms with Gasteiger partial charge in [0, 0.05) is 26.0 Å². The van der Waals surface area contributed by atoms with Crippen molar-refractivity contribution < 1.29 is 4.79 Å². The van der Waals surface area contributed by atoms with Crippen LogP contribution in [0.4, 0.5) is 0 Å². The second-order valence-electron chi connectivity index (χ2n) is 4.87. The third-order valence-corrected chi connectivity index (χ3v) is 3.47. The standard InChI is InChI=1S/C14H21N3O.2ClH/c1-17(11-7-12-5-9-15-10-6-12)14(18)13-4-2-3-8-16-13;;/h5-6,9-10,13,16H,2-4,7-8,11H2,1H3;2*1H/t13-;;/m1../s1.